The van der Waals surface area contributed by atoms with E-state index in [4.69, 9.17) is 0 Å². The number of nitro groups is 1. The molecule has 2 atom stereocenters. The molecule has 2 aromatic carbocycles. The number of nitrogens with one attached hydrogen (secondary N) is 3. The van der Waals surface area contributed by atoms with Crippen molar-refractivity contribution in [2.75, 3.05) is 13.1 Å². The molecule has 1 fully saturated rings. The Morgan fingerprint density at radius 1 is 1.03 bits per heavy atom. The van der Waals surface area contributed by atoms with E-state index >= 15 is 0 Å². The Morgan fingerprint density at radius 3 is 2.37 bits per heavy atom. The summed E-state index contributed by atoms with van der Waals surface area (Å²) in [7, 11) is 0. The SMILES string of the molecule is O=C(CNC(=O)c1cccc(C(F)(F)F)c1)N[C@@H]1CCCC[C@@H]1NCCc1ccc([N+](=O)[O-])cc1. The van der Waals surface area contributed by atoms with Crippen LogP contribution in [0.25, 0.3) is 0 Å². The predicted octanol–water partition coefficient (Wildman–Crippen LogP) is 3.60. The Hall–Kier alpha value is -3.47. The molecule has 1 saturated carbocycles. The number of rotatable bonds is 9. The van der Waals surface area contributed by atoms with Gasteiger partial charge in [-0.25, -0.2) is 0 Å². The van der Waals surface area contributed by atoms with Gasteiger partial charge in [0, 0.05) is 29.8 Å². The summed E-state index contributed by atoms with van der Waals surface area (Å²) in [6.45, 7) is 0.280. The highest BCUT2D eigenvalue weighted by Gasteiger charge is 2.31. The molecule has 35 heavy (non-hydrogen) atoms. The first-order valence-electron chi connectivity index (χ1n) is 11.3. The maximum absolute atomic E-state index is 12.8. The summed E-state index contributed by atoms with van der Waals surface area (Å²) < 4.78 is 38.5. The van der Waals surface area contributed by atoms with Crippen LogP contribution < -0.4 is 16.0 Å². The Bertz CT molecular complexity index is 1040. The van der Waals surface area contributed by atoms with Gasteiger partial charge < -0.3 is 16.0 Å². The number of alkyl halides is 3. The summed E-state index contributed by atoms with van der Waals surface area (Å²) >= 11 is 0. The smallest absolute Gasteiger partial charge is 0.350 e. The van der Waals surface area contributed by atoms with Crippen LogP contribution in [0.2, 0.25) is 0 Å². The monoisotopic (exact) mass is 492 g/mol. The zero-order chi connectivity index (χ0) is 25.4. The molecule has 3 rings (SSSR count). The zero-order valence-electron chi connectivity index (χ0n) is 18.9. The van der Waals surface area contributed by atoms with E-state index in [-0.39, 0.29) is 29.9 Å². The quantitative estimate of drug-likeness (QED) is 0.366. The minimum absolute atomic E-state index is 0.0323. The molecular formula is C24H27F3N4O4. The molecule has 0 aromatic heterocycles. The number of non-ortho nitro benzene ring substituents is 1. The lowest BCUT2D eigenvalue weighted by atomic mass is 9.90. The van der Waals surface area contributed by atoms with Gasteiger partial charge in [0.05, 0.1) is 17.0 Å². The second-order valence-electron chi connectivity index (χ2n) is 8.45. The average Bonchev–Trinajstić information content (AvgIpc) is 2.83. The summed E-state index contributed by atoms with van der Waals surface area (Å²) in [5, 5.41) is 19.5. The number of amides is 2. The third-order valence-electron chi connectivity index (χ3n) is 5.94. The molecule has 0 unspecified atom stereocenters. The highest BCUT2D eigenvalue weighted by molar-refractivity contribution is 5.96. The molecule has 8 nitrogen and oxygen atoms in total. The lowest BCUT2D eigenvalue weighted by molar-refractivity contribution is -0.384. The molecule has 0 spiro atoms. The highest BCUT2D eigenvalue weighted by Crippen LogP contribution is 2.29. The van der Waals surface area contributed by atoms with Gasteiger partial charge in [0.2, 0.25) is 5.91 Å². The van der Waals surface area contributed by atoms with Crippen LogP contribution in [-0.4, -0.2) is 41.9 Å². The normalized spacial score (nSPS) is 18.0. The van der Waals surface area contributed by atoms with E-state index < -0.39 is 28.5 Å². The first kappa shape index (κ1) is 26.1. The second-order valence-corrected chi connectivity index (χ2v) is 8.45. The number of hydrogen-bond donors (Lipinski definition) is 3. The van der Waals surface area contributed by atoms with Crippen molar-refractivity contribution in [2.24, 2.45) is 0 Å². The van der Waals surface area contributed by atoms with Crippen molar-refractivity contribution in [1.82, 2.24) is 16.0 Å². The molecule has 3 N–H and O–H groups in total. The minimum atomic E-state index is -4.56. The van der Waals surface area contributed by atoms with Crippen LogP contribution in [0, 0.1) is 10.1 Å². The van der Waals surface area contributed by atoms with Crippen molar-refractivity contribution in [3.63, 3.8) is 0 Å². The van der Waals surface area contributed by atoms with Gasteiger partial charge in [-0.3, -0.25) is 19.7 Å². The van der Waals surface area contributed by atoms with E-state index in [9.17, 15) is 32.9 Å². The van der Waals surface area contributed by atoms with Gasteiger partial charge in [0.1, 0.15) is 0 Å². The minimum Gasteiger partial charge on any atom is -0.350 e. The van der Waals surface area contributed by atoms with Gasteiger partial charge >= 0.3 is 6.18 Å². The molecular weight excluding hydrogens is 465 g/mol. The molecule has 0 heterocycles. The summed E-state index contributed by atoms with van der Waals surface area (Å²) in [4.78, 5) is 34.9. The summed E-state index contributed by atoms with van der Waals surface area (Å²) in [6.07, 6.45) is -0.308. The number of carbonyl (C=O) groups excluding carboxylic acids is 2. The number of carbonyl (C=O) groups is 2. The predicted molar refractivity (Wildman–Crippen MR) is 123 cm³/mol. The van der Waals surface area contributed by atoms with E-state index in [1.165, 1.54) is 18.2 Å². The fraction of sp³-hybridized carbons (Fsp3) is 0.417. The van der Waals surface area contributed by atoms with Crippen molar-refractivity contribution < 1.29 is 27.7 Å². The van der Waals surface area contributed by atoms with Gasteiger partial charge in [0.25, 0.3) is 11.6 Å². The highest BCUT2D eigenvalue weighted by atomic mass is 19.4. The maximum Gasteiger partial charge on any atom is 0.416 e. The molecule has 1 aliphatic rings. The number of benzene rings is 2. The van der Waals surface area contributed by atoms with Crippen LogP contribution in [0.3, 0.4) is 0 Å². The average molecular weight is 492 g/mol. The molecule has 0 radical (unpaired) electrons. The molecule has 2 aromatic rings. The van der Waals surface area contributed by atoms with Crippen molar-refractivity contribution in [3.8, 4) is 0 Å². The third-order valence-corrected chi connectivity index (χ3v) is 5.94. The Labute approximate surface area is 200 Å². The van der Waals surface area contributed by atoms with Crippen LogP contribution >= 0.6 is 0 Å². The molecule has 1 aliphatic carbocycles. The molecule has 2 amide bonds. The zero-order valence-corrected chi connectivity index (χ0v) is 18.9. The molecule has 188 valence electrons. The van der Waals surface area contributed by atoms with Crippen LogP contribution in [0.4, 0.5) is 18.9 Å². The standard InChI is InChI=1S/C24H27F3N4O4/c25-24(26,27)18-5-3-4-17(14-18)23(33)29-15-22(32)30-21-7-2-1-6-20(21)28-13-12-16-8-10-19(11-9-16)31(34)35/h3-5,8-11,14,20-21,28H,1-2,6-7,12-13,15H2,(H,29,33)(H,30,32)/t20-,21+/m0/s1. The number of nitro benzene ring substituents is 1. The van der Waals surface area contributed by atoms with Crippen LogP contribution in [0.15, 0.2) is 48.5 Å². The first-order chi connectivity index (χ1) is 16.6. The Morgan fingerprint density at radius 2 is 1.71 bits per heavy atom. The van der Waals surface area contributed by atoms with Gasteiger partial charge in [-0.1, -0.05) is 31.0 Å². The van der Waals surface area contributed by atoms with Crippen LogP contribution in [-0.2, 0) is 17.4 Å². The van der Waals surface area contributed by atoms with Crippen LogP contribution in [0.1, 0.15) is 47.2 Å². The second kappa shape index (κ2) is 11.8. The van der Waals surface area contributed by atoms with E-state index in [1.54, 1.807) is 12.1 Å². The van der Waals surface area contributed by atoms with Crippen molar-refractivity contribution in [3.05, 3.63) is 75.3 Å². The molecule has 11 heteroatoms. The number of hydrogen-bond acceptors (Lipinski definition) is 5. The van der Waals surface area contributed by atoms with Crippen molar-refractivity contribution in [2.45, 2.75) is 50.4 Å². The lowest BCUT2D eigenvalue weighted by Gasteiger charge is -2.33. The number of nitrogens with zero attached hydrogens (tertiary/aromatic N) is 1. The van der Waals surface area contributed by atoms with Gasteiger partial charge in [0.15, 0.2) is 0 Å². The van der Waals surface area contributed by atoms with E-state index in [0.29, 0.717) is 13.0 Å². The molecule has 0 aliphatic heterocycles. The number of halogens is 3. The van der Waals surface area contributed by atoms with Gasteiger partial charge in [-0.05, 0) is 49.6 Å². The van der Waals surface area contributed by atoms with Crippen LogP contribution in [0.5, 0.6) is 0 Å². The van der Waals surface area contributed by atoms with E-state index in [2.05, 4.69) is 16.0 Å². The lowest BCUT2D eigenvalue weighted by Crippen LogP contribution is -2.53. The Balaban J connectivity index is 1.46. The largest absolute Gasteiger partial charge is 0.416 e. The summed E-state index contributed by atoms with van der Waals surface area (Å²) in [6, 6.07) is 10.3. The summed E-state index contributed by atoms with van der Waals surface area (Å²) in [5.74, 6) is -1.17. The Kier molecular flexibility index (Phi) is 8.80. The van der Waals surface area contributed by atoms with Crippen molar-refractivity contribution >= 4 is 17.5 Å². The van der Waals surface area contributed by atoms with Gasteiger partial charge in [-0.2, -0.15) is 13.2 Å². The fourth-order valence-corrected chi connectivity index (χ4v) is 4.09. The topological polar surface area (TPSA) is 113 Å². The van der Waals surface area contributed by atoms with Crippen molar-refractivity contribution in [1.29, 1.82) is 0 Å². The first-order valence-corrected chi connectivity index (χ1v) is 11.3. The summed E-state index contributed by atoms with van der Waals surface area (Å²) in [5.41, 5.74) is -0.107. The van der Waals surface area contributed by atoms with E-state index in [1.807, 2.05) is 0 Å². The molecule has 0 bridgehead atoms. The van der Waals surface area contributed by atoms with Gasteiger partial charge in [-0.15, -0.1) is 0 Å². The molecule has 0 saturated heterocycles. The van der Waals surface area contributed by atoms with E-state index in [0.717, 1.165) is 49.4 Å². The maximum atomic E-state index is 12.8. The third kappa shape index (κ3) is 7.78. The fourth-order valence-electron chi connectivity index (χ4n) is 4.09.